The Kier molecular flexibility index (Phi) is 6.09. The number of carbonyl (C=O) groups excluding carboxylic acids is 2. The molecule has 5 heteroatoms. The van der Waals surface area contributed by atoms with Crippen LogP contribution in [0.15, 0.2) is 30.3 Å². The Morgan fingerprint density at radius 3 is 2.74 bits per heavy atom. The van der Waals surface area contributed by atoms with E-state index in [1.165, 1.54) is 13.0 Å². The lowest BCUT2D eigenvalue weighted by molar-refractivity contribution is -0.150. The molecule has 0 aliphatic rings. The Morgan fingerprint density at radius 1 is 1.42 bits per heavy atom. The van der Waals surface area contributed by atoms with Gasteiger partial charge in [0.2, 0.25) is 0 Å². The van der Waals surface area contributed by atoms with Crippen molar-refractivity contribution in [3.05, 3.63) is 40.9 Å². The molecular formula is C14H16ClNO3. The number of ether oxygens (including phenoxy) is 1. The fourth-order valence-corrected chi connectivity index (χ4v) is 1.55. The molecular weight excluding hydrogens is 266 g/mol. The molecule has 0 saturated carbocycles. The smallest absolute Gasteiger partial charge is 0.331 e. The summed E-state index contributed by atoms with van der Waals surface area (Å²) in [6.45, 7) is 3.81. The van der Waals surface area contributed by atoms with Crippen LogP contribution in [-0.2, 0) is 14.3 Å². The number of likely N-dealkylation sites (N-methyl/N-ethyl adjacent to an activating group) is 1. The SMILES string of the molecule is CCNC(=O)C(C)OC(=O)C=Cc1ccccc1Cl. The first-order valence-corrected chi connectivity index (χ1v) is 6.33. The molecule has 1 rings (SSSR count). The van der Waals surface area contributed by atoms with E-state index in [1.807, 2.05) is 6.07 Å². The van der Waals surface area contributed by atoms with Gasteiger partial charge in [0.1, 0.15) is 0 Å². The van der Waals surface area contributed by atoms with Gasteiger partial charge >= 0.3 is 5.97 Å². The summed E-state index contributed by atoms with van der Waals surface area (Å²) in [6, 6.07) is 7.12. The molecule has 1 aromatic carbocycles. The predicted octanol–water partition coefficient (Wildman–Crippen LogP) is 2.42. The average Bonchev–Trinajstić information content (AvgIpc) is 2.38. The van der Waals surface area contributed by atoms with Gasteiger partial charge in [-0.3, -0.25) is 4.79 Å². The van der Waals surface area contributed by atoms with Crippen LogP contribution in [0.4, 0.5) is 0 Å². The van der Waals surface area contributed by atoms with E-state index in [4.69, 9.17) is 16.3 Å². The second-order valence-corrected chi connectivity index (χ2v) is 4.24. The molecule has 0 spiro atoms. The lowest BCUT2D eigenvalue weighted by Crippen LogP contribution is -2.35. The zero-order valence-electron chi connectivity index (χ0n) is 10.9. The van der Waals surface area contributed by atoms with Crippen molar-refractivity contribution in [3.63, 3.8) is 0 Å². The number of nitrogens with one attached hydrogen (secondary N) is 1. The molecule has 1 N–H and O–H groups in total. The maximum absolute atomic E-state index is 11.5. The van der Waals surface area contributed by atoms with Crippen molar-refractivity contribution in [1.29, 1.82) is 0 Å². The Labute approximate surface area is 117 Å². The van der Waals surface area contributed by atoms with Crippen LogP contribution >= 0.6 is 11.6 Å². The fraction of sp³-hybridized carbons (Fsp3) is 0.286. The largest absolute Gasteiger partial charge is 0.449 e. The lowest BCUT2D eigenvalue weighted by atomic mass is 10.2. The average molecular weight is 282 g/mol. The lowest BCUT2D eigenvalue weighted by Gasteiger charge is -2.10. The minimum atomic E-state index is -0.816. The molecule has 102 valence electrons. The maximum Gasteiger partial charge on any atom is 0.331 e. The van der Waals surface area contributed by atoms with E-state index in [2.05, 4.69) is 5.32 Å². The highest BCUT2D eigenvalue weighted by Crippen LogP contribution is 2.16. The van der Waals surface area contributed by atoms with E-state index in [-0.39, 0.29) is 5.91 Å². The summed E-state index contributed by atoms with van der Waals surface area (Å²) in [7, 11) is 0. The molecule has 0 aromatic heterocycles. The monoisotopic (exact) mass is 281 g/mol. The summed E-state index contributed by atoms with van der Waals surface area (Å²) in [6.07, 6.45) is 1.98. The van der Waals surface area contributed by atoms with Crippen molar-refractivity contribution in [2.45, 2.75) is 20.0 Å². The topological polar surface area (TPSA) is 55.4 Å². The minimum Gasteiger partial charge on any atom is -0.449 e. The van der Waals surface area contributed by atoms with Crippen LogP contribution in [0.3, 0.4) is 0 Å². The first-order chi connectivity index (χ1) is 9.04. The molecule has 19 heavy (non-hydrogen) atoms. The quantitative estimate of drug-likeness (QED) is 0.666. The normalized spacial score (nSPS) is 12.2. The van der Waals surface area contributed by atoms with Gasteiger partial charge in [-0.2, -0.15) is 0 Å². The van der Waals surface area contributed by atoms with Crippen LogP contribution in [0.5, 0.6) is 0 Å². The number of hydrogen-bond acceptors (Lipinski definition) is 3. The fourth-order valence-electron chi connectivity index (χ4n) is 1.35. The molecule has 0 fully saturated rings. The summed E-state index contributed by atoms with van der Waals surface area (Å²) >= 11 is 5.94. The van der Waals surface area contributed by atoms with Gasteiger partial charge in [0, 0.05) is 17.6 Å². The van der Waals surface area contributed by atoms with E-state index in [0.29, 0.717) is 17.1 Å². The highest BCUT2D eigenvalue weighted by atomic mass is 35.5. The van der Waals surface area contributed by atoms with Crippen LogP contribution in [-0.4, -0.2) is 24.5 Å². The highest BCUT2D eigenvalue weighted by molar-refractivity contribution is 6.32. The van der Waals surface area contributed by atoms with Crippen LogP contribution in [0.1, 0.15) is 19.4 Å². The number of esters is 1. The first-order valence-electron chi connectivity index (χ1n) is 5.95. The third kappa shape index (κ3) is 5.14. The Bertz CT molecular complexity index is 485. The molecule has 0 radical (unpaired) electrons. The molecule has 1 amide bonds. The van der Waals surface area contributed by atoms with E-state index >= 15 is 0 Å². The third-order valence-corrected chi connectivity index (χ3v) is 2.66. The zero-order valence-corrected chi connectivity index (χ0v) is 11.6. The summed E-state index contributed by atoms with van der Waals surface area (Å²) < 4.78 is 4.95. The molecule has 0 saturated heterocycles. The van der Waals surface area contributed by atoms with Gasteiger partial charge < -0.3 is 10.1 Å². The summed E-state index contributed by atoms with van der Waals surface area (Å²) in [5, 5.41) is 3.12. The highest BCUT2D eigenvalue weighted by Gasteiger charge is 2.15. The van der Waals surface area contributed by atoms with Crippen molar-refractivity contribution < 1.29 is 14.3 Å². The zero-order chi connectivity index (χ0) is 14.3. The molecule has 0 bridgehead atoms. The van der Waals surface area contributed by atoms with E-state index in [9.17, 15) is 9.59 Å². The van der Waals surface area contributed by atoms with Crippen molar-refractivity contribution in [2.75, 3.05) is 6.54 Å². The minimum absolute atomic E-state index is 0.318. The van der Waals surface area contributed by atoms with Crippen molar-refractivity contribution in [2.24, 2.45) is 0 Å². The summed E-state index contributed by atoms with van der Waals surface area (Å²) in [5.41, 5.74) is 0.715. The Balaban J connectivity index is 2.56. The molecule has 1 unspecified atom stereocenters. The number of amides is 1. The van der Waals surface area contributed by atoms with Crippen LogP contribution in [0.2, 0.25) is 5.02 Å². The second kappa shape index (κ2) is 7.59. The van der Waals surface area contributed by atoms with Crippen molar-refractivity contribution in [1.82, 2.24) is 5.32 Å². The second-order valence-electron chi connectivity index (χ2n) is 3.83. The number of rotatable bonds is 5. The van der Waals surface area contributed by atoms with E-state index < -0.39 is 12.1 Å². The third-order valence-electron chi connectivity index (χ3n) is 2.32. The molecule has 4 nitrogen and oxygen atoms in total. The van der Waals surface area contributed by atoms with E-state index in [0.717, 1.165) is 0 Å². The number of carbonyl (C=O) groups is 2. The molecule has 0 aliphatic carbocycles. The molecule has 0 heterocycles. The molecule has 1 aromatic rings. The van der Waals surface area contributed by atoms with Gasteiger partial charge in [0.25, 0.3) is 5.91 Å². The summed E-state index contributed by atoms with van der Waals surface area (Å²) in [5.74, 6) is -0.902. The van der Waals surface area contributed by atoms with Gasteiger partial charge in [0.15, 0.2) is 6.10 Å². The predicted molar refractivity (Wildman–Crippen MR) is 74.7 cm³/mol. The first kappa shape index (κ1) is 15.2. The Hall–Kier alpha value is -1.81. The molecule has 0 aliphatic heterocycles. The number of benzene rings is 1. The number of halogens is 1. The van der Waals surface area contributed by atoms with Gasteiger partial charge in [-0.15, -0.1) is 0 Å². The van der Waals surface area contributed by atoms with E-state index in [1.54, 1.807) is 31.2 Å². The van der Waals surface area contributed by atoms with Gasteiger partial charge in [0.05, 0.1) is 0 Å². The maximum atomic E-state index is 11.5. The van der Waals surface area contributed by atoms with Gasteiger partial charge in [-0.1, -0.05) is 29.8 Å². The van der Waals surface area contributed by atoms with Gasteiger partial charge in [-0.05, 0) is 31.6 Å². The Morgan fingerprint density at radius 2 is 2.11 bits per heavy atom. The van der Waals surface area contributed by atoms with Crippen molar-refractivity contribution >= 4 is 29.6 Å². The van der Waals surface area contributed by atoms with Crippen LogP contribution in [0.25, 0.3) is 6.08 Å². The standard InChI is InChI=1S/C14H16ClNO3/c1-3-16-14(18)10(2)19-13(17)9-8-11-6-4-5-7-12(11)15/h4-10H,3H2,1-2H3,(H,16,18). The van der Waals surface area contributed by atoms with Crippen molar-refractivity contribution in [3.8, 4) is 0 Å². The summed E-state index contributed by atoms with van der Waals surface area (Å²) in [4.78, 5) is 22.9. The van der Waals surface area contributed by atoms with Crippen LogP contribution in [0, 0.1) is 0 Å². The molecule has 1 atom stereocenters. The number of hydrogen-bond donors (Lipinski definition) is 1. The van der Waals surface area contributed by atoms with Gasteiger partial charge in [-0.25, -0.2) is 4.79 Å². The van der Waals surface area contributed by atoms with Crippen LogP contribution < -0.4 is 5.32 Å².